The third-order valence-electron chi connectivity index (χ3n) is 5.87. The lowest BCUT2D eigenvalue weighted by Crippen LogP contribution is -2.51. The van der Waals surface area contributed by atoms with Gasteiger partial charge in [0.25, 0.3) is 10.0 Å². The first-order valence-electron chi connectivity index (χ1n) is 12.4. The standard InChI is InChI=1S/C28H31Cl2N3O5S/c1-4-31-28(35)20(3)32(18-21-9-8-10-23(30)17-21)27(34)19-33(25-11-6-7-12-26(25)38-5-2)39(36,37)24-15-13-22(29)14-16-24/h6-17,20H,4-5,18-19H2,1-3H3,(H,31,35). The van der Waals surface area contributed by atoms with Crippen LogP contribution in [-0.2, 0) is 26.2 Å². The minimum absolute atomic E-state index is 0.0413. The molecule has 0 heterocycles. The van der Waals surface area contributed by atoms with Crippen molar-refractivity contribution in [3.63, 3.8) is 0 Å². The molecule has 1 atom stereocenters. The molecule has 0 spiro atoms. The molecular weight excluding hydrogens is 561 g/mol. The SMILES string of the molecule is CCNC(=O)C(C)N(Cc1cccc(Cl)c1)C(=O)CN(c1ccccc1OCC)S(=O)(=O)c1ccc(Cl)cc1. The van der Waals surface area contributed by atoms with E-state index in [0.717, 1.165) is 4.31 Å². The molecule has 1 N–H and O–H groups in total. The lowest BCUT2D eigenvalue weighted by atomic mass is 10.1. The maximum atomic E-state index is 13.9. The maximum absolute atomic E-state index is 13.9. The van der Waals surface area contributed by atoms with Crippen molar-refractivity contribution in [1.82, 2.24) is 10.2 Å². The van der Waals surface area contributed by atoms with Gasteiger partial charge >= 0.3 is 0 Å². The summed E-state index contributed by atoms with van der Waals surface area (Å²) in [4.78, 5) is 28.0. The van der Waals surface area contributed by atoms with Crippen molar-refractivity contribution in [2.24, 2.45) is 0 Å². The van der Waals surface area contributed by atoms with E-state index in [-0.39, 0.29) is 29.6 Å². The van der Waals surface area contributed by atoms with Crippen molar-refractivity contribution in [3.05, 3.63) is 88.4 Å². The van der Waals surface area contributed by atoms with Crippen molar-refractivity contribution in [3.8, 4) is 5.75 Å². The van der Waals surface area contributed by atoms with Gasteiger partial charge in [0.05, 0.1) is 17.2 Å². The third-order valence-corrected chi connectivity index (χ3v) is 8.14. The van der Waals surface area contributed by atoms with E-state index < -0.39 is 28.5 Å². The molecule has 3 aromatic rings. The monoisotopic (exact) mass is 591 g/mol. The molecule has 0 fully saturated rings. The molecule has 0 aliphatic rings. The predicted octanol–water partition coefficient (Wildman–Crippen LogP) is 5.14. The Labute approximate surface area is 239 Å². The molecule has 0 saturated heterocycles. The van der Waals surface area contributed by atoms with Crippen molar-refractivity contribution in [2.75, 3.05) is 24.0 Å². The van der Waals surface area contributed by atoms with Crippen LogP contribution >= 0.6 is 23.2 Å². The Morgan fingerprint density at radius 3 is 2.28 bits per heavy atom. The molecule has 0 bridgehead atoms. The second-order valence-electron chi connectivity index (χ2n) is 8.59. The minimum Gasteiger partial charge on any atom is -0.492 e. The number of benzene rings is 3. The van der Waals surface area contributed by atoms with Crippen LogP contribution in [0.25, 0.3) is 0 Å². The summed E-state index contributed by atoms with van der Waals surface area (Å²) in [6, 6.07) is 18.3. The van der Waals surface area contributed by atoms with Gasteiger partial charge in [-0.1, -0.05) is 47.5 Å². The molecule has 0 aliphatic carbocycles. The molecule has 1 unspecified atom stereocenters. The molecule has 3 aromatic carbocycles. The molecule has 0 aliphatic heterocycles. The van der Waals surface area contributed by atoms with E-state index >= 15 is 0 Å². The second-order valence-corrected chi connectivity index (χ2v) is 11.3. The number of halogens is 2. The van der Waals surface area contributed by atoms with Gasteiger partial charge in [-0.05, 0) is 74.9 Å². The van der Waals surface area contributed by atoms with E-state index in [9.17, 15) is 18.0 Å². The number of nitrogens with zero attached hydrogens (tertiary/aromatic N) is 2. The van der Waals surface area contributed by atoms with Crippen LogP contribution in [0.3, 0.4) is 0 Å². The predicted molar refractivity (Wildman–Crippen MR) is 154 cm³/mol. The number of carbonyl (C=O) groups excluding carboxylic acids is 2. The number of likely N-dealkylation sites (N-methyl/N-ethyl adjacent to an activating group) is 1. The topological polar surface area (TPSA) is 96.0 Å². The van der Waals surface area contributed by atoms with Crippen molar-refractivity contribution >= 4 is 50.7 Å². The van der Waals surface area contributed by atoms with Crippen LogP contribution in [0.4, 0.5) is 5.69 Å². The first kappa shape index (κ1) is 30.3. The number of sulfonamides is 1. The highest BCUT2D eigenvalue weighted by atomic mass is 35.5. The largest absolute Gasteiger partial charge is 0.492 e. The van der Waals surface area contributed by atoms with Crippen LogP contribution in [0.5, 0.6) is 5.75 Å². The van der Waals surface area contributed by atoms with Gasteiger partial charge in [0.2, 0.25) is 11.8 Å². The lowest BCUT2D eigenvalue weighted by molar-refractivity contribution is -0.139. The number of carbonyl (C=O) groups is 2. The van der Waals surface area contributed by atoms with E-state index in [1.807, 2.05) is 0 Å². The quantitative estimate of drug-likeness (QED) is 0.314. The van der Waals surface area contributed by atoms with Crippen molar-refractivity contribution < 1.29 is 22.7 Å². The number of amides is 2. The van der Waals surface area contributed by atoms with Gasteiger partial charge in [0.1, 0.15) is 18.3 Å². The number of ether oxygens (including phenoxy) is 1. The summed E-state index contributed by atoms with van der Waals surface area (Å²) in [5.74, 6) is -0.657. The van der Waals surface area contributed by atoms with Gasteiger partial charge in [-0.25, -0.2) is 8.42 Å². The first-order valence-corrected chi connectivity index (χ1v) is 14.6. The first-order chi connectivity index (χ1) is 18.6. The summed E-state index contributed by atoms with van der Waals surface area (Å²) in [6.07, 6.45) is 0. The summed E-state index contributed by atoms with van der Waals surface area (Å²) < 4.78 is 34.6. The third kappa shape index (κ3) is 7.65. The molecule has 11 heteroatoms. The molecule has 0 saturated carbocycles. The van der Waals surface area contributed by atoms with Crippen LogP contribution in [-0.4, -0.2) is 50.9 Å². The zero-order valence-electron chi connectivity index (χ0n) is 21.9. The zero-order valence-corrected chi connectivity index (χ0v) is 24.3. The maximum Gasteiger partial charge on any atom is 0.264 e. The summed E-state index contributed by atoms with van der Waals surface area (Å²) in [7, 11) is -4.25. The molecule has 2 amide bonds. The fraction of sp³-hybridized carbons (Fsp3) is 0.286. The Kier molecular flexibility index (Phi) is 10.6. The zero-order chi connectivity index (χ0) is 28.6. The van der Waals surface area contributed by atoms with Crippen LogP contribution in [0.1, 0.15) is 26.3 Å². The number of para-hydroxylation sites is 2. The normalized spacial score (nSPS) is 11.9. The van der Waals surface area contributed by atoms with Crippen molar-refractivity contribution in [2.45, 2.75) is 38.3 Å². The lowest BCUT2D eigenvalue weighted by Gasteiger charge is -2.32. The van der Waals surface area contributed by atoms with Crippen LogP contribution in [0.15, 0.2) is 77.7 Å². The molecule has 8 nitrogen and oxygen atoms in total. The van der Waals surface area contributed by atoms with Crippen LogP contribution < -0.4 is 14.4 Å². The Morgan fingerprint density at radius 1 is 0.949 bits per heavy atom. The number of rotatable bonds is 12. The number of hydrogen-bond donors (Lipinski definition) is 1. The Hall–Kier alpha value is -3.27. The van der Waals surface area contributed by atoms with E-state index in [1.165, 1.54) is 29.2 Å². The Bertz CT molecular complexity index is 1400. The fourth-order valence-electron chi connectivity index (χ4n) is 3.92. The Morgan fingerprint density at radius 2 is 1.64 bits per heavy atom. The fourth-order valence-corrected chi connectivity index (χ4v) is 5.69. The summed E-state index contributed by atoms with van der Waals surface area (Å²) in [6.45, 7) is 5.27. The number of nitrogens with one attached hydrogen (secondary N) is 1. The van der Waals surface area contributed by atoms with E-state index in [4.69, 9.17) is 27.9 Å². The highest BCUT2D eigenvalue weighted by Gasteiger charge is 2.33. The summed E-state index contributed by atoms with van der Waals surface area (Å²) >= 11 is 12.1. The van der Waals surface area contributed by atoms with Gasteiger partial charge in [-0.15, -0.1) is 0 Å². The number of anilines is 1. The van der Waals surface area contributed by atoms with Gasteiger partial charge in [0.15, 0.2) is 0 Å². The van der Waals surface area contributed by atoms with E-state index in [1.54, 1.807) is 69.3 Å². The highest BCUT2D eigenvalue weighted by molar-refractivity contribution is 7.92. The highest BCUT2D eigenvalue weighted by Crippen LogP contribution is 2.33. The van der Waals surface area contributed by atoms with Gasteiger partial charge < -0.3 is 15.0 Å². The second kappa shape index (κ2) is 13.7. The van der Waals surface area contributed by atoms with Crippen molar-refractivity contribution in [1.29, 1.82) is 0 Å². The average Bonchev–Trinajstić information content (AvgIpc) is 2.91. The van der Waals surface area contributed by atoms with Gasteiger partial charge in [-0.3, -0.25) is 13.9 Å². The van der Waals surface area contributed by atoms with Crippen LogP contribution in [0, 0.1) is 0 Å². The summed E-state index contributed by atoms with van der Waals surface area (Å²) in [5.41, 5.74) is 0.879. The molecule has 0 radical (unpaired) electrons. The number of hydrogen-bond acceptors (Lipinski definition) is 5. The van der Waals surface area contributed by atoms with Gasteiger partial charge in [-0.2, -0.15) is 0 Å². The van der Waals surface area contributed by atoms with Crippen LogP contribution in [0.2, 0.25) is 10.0 Å². The van der Waals surface area contributed by atoms with E-state index in [0.29, 0.717) is 27.9 Å². The van der Waals surface area contributed by atoms with E-state index in [2.05, 4.69) is 5.32 Å². The molecular formula is C28H31Cl2N3O5S. The molecule has 208 valence electrons. The molecule has 39 heavy (non-hydrogen) atoms. The average molecular weight is 593 g/mol. The van der Waals surface area contributed by atoms with Gasteiger partial charge in [0, 0.05) is 23.1 Å². The summed E-state index contributed by atoms with van der Waals surface area (Å²) in [5, 5.41) is 3.57. The Balaban J connectivity index is 2.08. The molecule has 3 rings (SSSR count). The smallest absolute Gasteiger partial charge is 0.264 e. The molecule has 0 aromatic heterocycles. The minimum atomic E-state index is -4.25.